The van der Waals surface area contributed by atoms with Crippen molar-refractivity contribution >= 4 is 18.3 Å². The Balaban J connectivity index is 0. The summed E-state index contributed by atoms with van der Waals surface area (Å²) in [5.41, 5.74) is 5.54. The molecule has 0 aromatic heterocycles. The SMILES string of the molecule is CC(N)C(=O)NC(C)C(C)(C)CN(C)C.Cl. The number of nitrogens with one attached hydrogen (secondary N) is 1. The Morgan fingerprint density at radius 2 is 1.81 bits per heavy atom. The van der Waals surface area contributed by atoms with E-state index in [1.165, 1.54) is 0 Å². The van der Waals surface area contributed by atoms with Crippen LogP contribution in [0.5, 0.6) is 0 Å². The highest BCUT2D eigenvalue weighted by Crippen LogP contribution is 2.21. The number of rotatable bonds is 5. The van der Waals surface area contributed by atoms with Crippen LogP contribution in [0.3, 0.4) is 0 Å². The predicted octanol–water partition coefficient (Wildman–Crippen LogP) is 0.848. The third-order valence-electron chi connectivity index (χ3n) is 2.67. The van der Waals surface area contributed by atoms with E-state index in [2.05, 4.69) is 24.1 Å². The highest BCUT2D eigenvalue weighted by Gasteiger charge is 2.28. The van der Waals surface area contributed by atoms with Gasteiger partial charge < -0.3 is 16.0 Å². The number of amides is 1. The molecule has 0 aromatic rings. The third kappa shape index (κ3) is 6.30. The zero-order valence-corrected chi connectivity index (χ0v) is 12.0. The van der Waals surface area contributed by atoms with Crippen molar-refractivity contribution in [3.05, 3.63) is 0 Å². The minimum Gasteiger partial charge on any atom is -0.352 e. The minimum atomic E-state index is -0.442. The van der Waals surface area contributed by atoms with E-state index in [-0.39, 0.29) is 29.8 Å². The number of hydrogen-bond donors (Lipinski definition) is 2. The lowest BCUT2D eigenvalue weighted by Gasteiger charge is -2.35. The van der Waals surface area contributed by atoms with Crippen LogP contribution in [-0.4, -0.2) is 43.5 Å². The maximum absolute atomic E-state index is 11.4. The zero-order valence-electron chi connectivity index (χ0n) is 11.2. The van der Waals surface area contributed by atoms with E-state index in [1.54, 1.807) is 6.92 Å². The first-order valence-corrected chi connectivity index (χ1v) is 5.37. The van der Waals surface area contributed by atoms with E-state index >= 15 is 0 Å². The fraction of sp³-hybridized carbons (Fsp3) is 0.909. The predicted molar refractivity (Wildman–Crippen MR) is 70.8 cm³/mol. The van der Waals surface area contributed by atoms with Crippen molar-refractivity contribution in [3.63, 3.8) is 0 Å². The first kappa shape index (κ1) is 18.1. The molecular formula is C11H26ClN3O. The van der Waals surface area contributed by atoms with Gasteiger partial charge in [0.25, 0.3) is 0 Å². The number of nitrogens with zero attached hydrogens (tertiary/aromatic N) is 1. The molecule has 0 saturated heterocycles. The van der Waals surface area contributed by atoms with E-state index in [1.807, 2.05) is 21.0 Å². The molecule has 5 heteroatoms. The Bertz CT molecular complexity index is 217. The summed E-state index contributed by atoms with van der Waals surface area (Å²) in [5, 5.41) is 2.93. The van der Waals surface area contributed by atoms with Crippen LogP contribution in [0.4, 0.5) is 0 Å². The van der Waals surface area contributed by atoms with E-state index in [0.29, 0.717) is 0 Å². The van der Waals surface area contributed by atoms with Crippen molar-refractivity contribution in [2.24, 2.45) is 11.1 Å². The van der Waals surface area contributed by atoms with E-state index in [4.69, 9.17) is 5.73 Å². The fourth-order valence-electron chi connectivity index (χ4n) is 1.49. The molecule has 0 aromatic carbocycles. The first-order valence-electron chi connectivity index (χ1n) is 5.37. The summed E-state index contributed by atoms with van der Waals surface area (Å²) in [6, 6.07) is -0.332. The minimum absolute atomic E-state index is 0. The molecule has 0 saturated carbocycles. The molecule has 16 heavy (non-hydrogen) atoms. The Morgan fingerprint density at radius 3 is 2.12 bits per heavy atom. The summed E-state index contributed by atoms with van der Waals surface area (Å²) < 4.78 is 0. The van der Waals surface area contributed by atoms with Gasteiger partial charge in [0.05, 0.1) is 6.04 Å². The lowest BCUT2D eigenvalue weighted by Crippen LogP contribution is -2.51. The number of nitrogens with two attached hydrogens (primary N) is 1. The van der Waals surface area contributed by atoms with Crippen molar-refractivity contribution in [2.45, 2.75) is 39.8 Å². The normalized spacial score (nSPS) is 15.2. The Kier molecular flexibility index (Phi) is 8.00. The summed E-state index contributed by atoms with van der Waals surface area (Å²) in [6.07, 6.45) is 0. The van der Waals surface area contributed by atoms with Crippen molar-refractivity contribution in [2.75, 3.05) is 20.6 Å². The van der Waals surface area contributed by atoms with Crippen LogP contribution in [0.15, 0.2) is 0 Å². The van der Waals surface area contributed by atoms with Gasteiger partial charge in [0, 0.05) is 12.6 Å². The summed E-state index contributed by atoms with van der Waals surface area (Å²) in [4.78, 5) is 13.6. The lowest BCUT2D eigenvalue weighted by atomic mass is 9.85. The van der Waals surface area contributed by atoms with Gasteiger partial charge in [-0.05, 0) is 33.4 Å². The molecule has 3 N–H and O–H groups in total. The van der Waals surface area contributed by atoms with Gasteiger partial charge in [0.15, 0.2) is 0 Å². The molecule has 0 spiro atoms. The van der Waals surface area contributed by atoms with Gasteiger partial charge in [-0.3, -0.25) is 4.79 Å². The third-order valence-corrected chi connectivity index (χ3v) is 2.67. The highest BCUT2D eigenvalue weighted by molar-refractivity contribution is 5.85. The van der Waals surface area contributed by atoms with Crippen LogP contribution in [-0.2, 0) is 4.79 Å². The number of halogens is 1. The highest BCUT2D eigenvalue weighted by atomic mass is 35.5. The van der Waals surface area contributed by atoms with Crippen LogP contribution < -0.4 is 11.1 Å². The van der Waals surface area contributed by atoms with Gasteiger partial charge in [0.1, 0.15) is 0 Å². The Hall–Kier alpha value is -0.320. The topological polar surface area (TPSA) is 58.4 Å². The van der Waals surface area contributed by atoms with Gasteiger partial charge in [0.2, 0.25) is 5.91 Å². The van der Waals surface area contributed by atoms with E-state index in [9.17, 15) is 4.79 Å². The van der Waals surface area contributed by atoms with Gasteiger partial charge >= 0.3 is 0 Å². The Morgan fingerprint density at radius 1 is 1.38 bits per heavy atom. The van der Waals surface area contributed by atoms with Crippen LogP contribution in [0.25, 0.3) is 0 Å². The maximum Gasteiger partial charge on any atom is 0.236 e. The molecule has 0 fully saturated rings. The maximum atomic E-state index is 11.4. The lowest BCUT2D eigenvalue weighted by molar-refractivity contribution is -0.123. The van der Waals surface area contributed by atoms with Crippen LogP contribution >= 0.6 is 12.4 Å². The van der Waals surface area contributed by atoms with E-state index < -0.39 is 6.04 Å². The van der Waals surface area contributed by atoms with E-state index in [0.717, 1.165) is 6.54 Å². The first-order chi connectivity index (χ1) is 6.66. The smallest absolute Gasteiger partial charge is 0.236 e. The van der Waals surface area contributed by atoms with Gasteiger partial charge in [-0.1, -0.05) is 13.8 Å². The molecule has 0 aliphatic rings. The second kappa shape index (κ2) is 7.09. The molecule has 0 aliphatic heterocycles. The standard InChI is InChI=1S/C11H25N3O.ClH/c1-8(12)10(15)13-9(2)11(3,4)7-14(5)6;/h8-9H,7,12H2,1-6H3,(H,13,15);1H. The summed E-state index contributed by atoms with van der Waals surface area (Å²) >= 11 is 0. The summed E-state index contributed by atoms with van der Waals surface area (Å²) in [6.45, 7) is 8.91. The number of hydrogen-bond acceptors (Lipinski definition) is 3. The number of carbonyl (C=O) groups is 1. The molecule has 1 amide bonds. The van der Waals surface area contributed by atoms with Crippen LogP contribution in [0.1, 0.15) is 27.7 Å². The number of carbonyl (C=O) groups excluding carboxylic acids is 1. The largest absolute Gasteiger partial charge is 0.352 e. The Labute approximate surface area is 105 Å². The molecule has 0 radical (unpaired) electrons. The molecule has 98 valence electrons. The van der Waals surface area contributed by atoms with Gasteiger partial charge in [-0.25, -0.2) is 0 Å². The molecule has 0 bridgehead atoms. The monoisotopic (exact) mass is 251 g/mol. The average molecular weight is 252 g/mol. The molecule has 0 heterocycles. The molecule has 0 aliphatic carbocycles. The molecular weight excluding hydrogens is 226 g/mol. The average Bonchev–Trinajstić information content (AvgIpc) is 2.01. The van der Waals surface area contributed by atoms with Crippen LogP contribution in [0.2, 0.25) is 0 Å². The molecule has 2 unspecified atom stereocenters. The van der Waals surface area contributed by atoms with Crippen molar-refractivity contribution in [1.29, 1.82) is 0 Å². The summed E-state index contributed by atoms with van der Waals surface area (Å²) in [5.74, 6) is -0.0886. The second-order valence-electron chi connectivity index (χ2n) is 5.25. The van der Waals surface area contributed by atoms with Crippen molar-refractivity contribution in [3.8, 4) is 0 Å². The molecule has 4 nitrogen and oxygen atoms in total. The zero-order chi connectivity index (χ0) is 12.2. The van der Waals surface area contributed by atoms with Gasteiger partial charge in [-0.2, -0.15) is 0 Å². The quantitative estimate of drug-likeness (QED) is 0.762. The fourth-order valence-corrected chi connectivity index (χ4v) is 1.49. The van der Waals surface area contributed by atoms with Crippen molar-refractivity contribution in [1.82, 2.24) is 10.2 Å². The molecule has 2 atom stereocenters. The van der Waals surface area contributed by atoms with Crippen molar-refractivity contribution < 1.29 is 4.79 Å². The van der Waals surface area contributed by atoms with Gasteiger partial charge in [-0.15, -0.1) is 12.4 Å². The molecule has 0 rings (SSSR count). The summed E-state index contributed by atoms with van der Waals surface area (Å²) in [7, 11) is 4.06. The van der Waals surface area contributed by atoms with Crippen LogP contribution in [0, 0.1) is 5.41 Å². The second-order valence-corrected chi connectivity index (χ2v) is 5.25.